The number of thiazole rings is 1. The fraction of sp³-hybridized carbons (Fsp3) is 0.105. The number of aromatic nitrogens is 1. The second kappa shape index (κ2) is 7.02. The predicted molar refractivity (Wildman–Crippen MR) is 106 cm³/mol. The summed E-state index contributed by atoms with van der Waals surface area (Å²) in [4.78, 5) is 29.1. The molecule has 2 heterocycles. The van der Waals surface area contributed by atoms with Gasteiger partial charge in [-0.15, -0.1) is 0 Å². The Balaban J connectivity index is 1.64. The first-order valence-corrected chi connectivity index (χ1v) is 9.31. The van der Waals surface area contributed by atoms with Gasteiger partial charge < -0.3 is 9.15 Å². The van der Waals surface area contributed by atoms with Crippen molar-refractivity contribution in [1.29, 1.82) is 0 Å². The van der Waals surface area contributed by atoms with Crippen molar-refractivity contribution in [3.05, 3.63) is 63.5 Å². The molecule has 27 heavy (non-hydrogen) atoms. The van der Waals surface area contributed by atoms with Gasteiger partial charge in [-0.3, -0.25) is 14.9 Å². The number of hydrogen-bond acceptors (Lipinski definition) is 6. The highest BCUT2D eigenvalue weighted by Gasteiger charge is 2.15. The number of carbonyl (C=O) groups excluding carboxylic acids is 1. The summed E-state index contributed by atoms with van der Waals surface area (Å²) in [5.74, 6) is 0.0998. The van der Waals surface area contributed by atoms with Crippen molar-refractivity contribution in [2.45, 2.75) is 6.92 Å². The zero-order chi connectivity index (χ0) is 19.0. The lowest BCUT2D eigenvalue weighted by molar-refractivity contribution is 0.0997. The lowest BCUT2D eigenvalue weighted by Gasteiger charge is -2.03. The minimum Gasteiger partial charge on any atom is -0.494 e. The molecule has 4 rings (SSSR count). The van der Waals surface area contributed by atoms with E-state index < -0.39 is 5.91 Å². The van der Waals surface area contributed by atoms with Crippen LogP contribution in [0.1, 0.15) is 17.5 Å². The molecule has 0 bridgehead atoms. The number of ether oxygens (including phenoxy) is 1. The van der Waals surface area contributed by atoms with E-state index in [0.29, 0.717) is 27.7 Å². The summed E-state index contributed by atoms with van der Waals surface area (Å²) in [5.41, 5.74) is 0.700. The van der Waals surface area contributed by atoms with Crippen molar-refractivity contribution in [1.82, 2.24) is 4.98 Å². The summed E-state index contributed by atoms with van der Waals surface area (Å²) in [5, 5.41) is 3.82. The second-order valence-corrected chi connectivity index (χ2v) is 7.12. The molecule has 0 unspecified atom stereocenters. The van der Waals surface area contributed by atoms with E-state index in [-0.39, 0.29) is 11.2 Å². The maximum atomic E-state index is 12.5. The van der Waals surface area contributed by atoms with Gasteiger partial charge in [-0.25, -0.2) is 4.98 Å². The summed E-state index contributed by atoms with van der Waals surface area (Å²) in [6, 6.07) is 11.3. The van der Waals surface area contributed by atoms with E-state index in [0.717, 1.165) is 22.0 Å². The lowest BCUT2D eigenvalue weighted by atomic mass is 10.2. The zero-order valence-electron chi connectivity index (χ0n) is 14.1. The highest BCUT2D eigenvalue weighted by Crippen LogP contribution is 2.29. The fourth-order valence-corrected chi connectivity index (χ4v) is 3.68. The molecule has 0 saturated heterocycles. The Labute approximate surface area is 162 Å². The maximum Gasteiger partial charge on any atom is 0.293 e. The smallest absolute Gasteiger partial charge is 0.293 e. The van der Waals surface area contributed by atoms with Crippen LogP contribution in [-0.2, 0) is 0 Å². The Bertz CT molecular complexity index is 1230. The Kier molecular flexibility index (Phi) is 4.55. The molecule has 0 fully saturated rings. The standard InChI is InChI=1S/C19H13ClN2O4S/c1-2-25-11-4-5-13-17(8-11)27-19(21-13)22-18(24)16-9-14(23)12-7-10(20)3-6-15(12)26-16/h3-9H,2H2,1H3,(H,21,22,24). The third-order valence-electron chi connectivity index (χ3n) is 3.80. The summed E-state index contributed by atoms with van der Waals surface area (Å²) in [6.07, 6.45) is 0. The molecule has 136 valence electrons. The minimum atomic E-state index is -0.548. The number of amides is 1. The highest BCUT2D eigenvalue weighted by molar-refractivity contribution is 7.22. The van der Waals surface area contributed by atoms with Crippen LogP contribution < -0.4 is 15.5 Å². The summed E-state index contributed by atoms with van der Waals surface area (Å²) in [6.45, 7) is 2.48. The molecular weight excluding hydrogens is 388 g/mol. The average molecular weight is 401 g/mol. The van der Waals surface area contributed by atoms with Crippen LogP contribution in [-0.4, -0.2) is 17.5 Å². The SMILES string of the molecule is CCOc1ccc2nc(NC(=O)c3cc(=O)c4cc(Cl)ccc4o3)sc2c1. The van der Waals surface area contributed by atoms with Gasteiger partial charge in [0, 0.05) is 11.1 Å². The normalized spacial score (nSPS) is 11.0. The van der Waals surface area contributed by atoms with Crippen LogP contribution in [0.2, 0.25) is 5.02 Å². The first-order valence-electron chi connectivity index (χ1n) is 8.11. The summed E-state index contributed by atoms with van der Waals surface area (Å²) < 4.78 is 11.9. The third-order valence-corrected chi connectivity index (χ3v) is 4.97. The lowest BCUT2D eigenvalue weighted by Crippen LogP contribution is -2.14. The maximum absolute atomic E-state index is 12.5. The molecule has 1 N–H and O–H groups in total. The summed E-state index contributed by atoms with van der Waals surface area (Å²) >= 11 is 7.20. The number of anilines is 1. The van der Waals surface area contributed by atoms with Gasteiger partial charge in [0.15, 0.2) is 16.3 Å². The molecule has 0 aliphatic heterocycles. The monoisotopic (exact) mass is 400 g/mol. The number of halogens is 1. The van der Waals surface area contributed by atoms with E-state index in [4.69, 9.17) is 20.8 Å². The average Bonchev–Trinajstić information content (AvgIpc) is 3.04. The van der Waals surface area contributed by atoms with Gasteiger partial charge in [0.2, 0.25) is 0 Å². The van der Waals surface area contributed by atoms with Gasteiger partial charge in [-0.05, 0) is 43.3 Å². The van der Waals surface area contributed by atoms with Gasteiger partial charge >= 0.3 is 0 Å². The summed E-state index contributed by atoms with van der Waals surface area (Å²) in [7, 11) is 0. The number of carbonyl (C=O) groups is 1. The van der Waals surface area contributed by atoms with E-state index in [9.17, 15) is 9.59 Å². The molecule has 0 aliphatic carbocycles. The Morgan fingerprint density at radius 2 is 2.11 bits per heavy atom. The highest BCUT2D eigenvalue weighted by atomic mass is 35.5. The van der Waals surface area contributed by atoms with E-state index >= 15 is 0 Å². The van der Waals surface area contributed by atoms with Gasteiger partial charge in [0.1, 0.15) is 11.3 Å². The van der Waals surface area contributed by atoms with Crippen molar-refractivity contribution < 1.29 is 13.9 Å². The molecule has 8 heteroatoms. The van der Waals surface area contributed by atoms with Gasteiger partial charge in [0.05, 0.1) is 22.2 Å². The van der Waals surface area contributed by atoms with E-state index in [1.165, 1.54) is 17.4 Å². The minimum absolute atomic E-state index is 0.0934. The van der Waals surface area contributed by atoms with Crippen molar-refractivity contribution in [2.75, 3.05) is 11.9 Å². The van der Waals surface area contributed by atoms with Gasteiger partial charge in [-0.2, -0.15) is 0 Å². The quantitative estimate of drug-likeness (QED) is 0.536. The first kappa shape index (κ1) is 17.5. The topological polar surface area (TPSA) is 81.4 Å². The molecule has 4 aromatic rings. The molecule has 6 nitrogen and oxygen atoms in total. The van der Waals surface area contributed by atoms with Crippen LogP contribution in [0.4, 0.5) is 5.13 Å². The van der Waals surface area contributed by atoms with Crippen molar-refractivity contribution >= 4 is 55.2 Å². The Morgan fingerprint density at radius 1 is 1.26 bits per heavy atom. The molecule has 0 radical (unpaired) electrons. The van der Waals surface area contributed by atoms with Crippen LogP contribution in [0.15, 0.2) is 51.7 Å². The zero-order valence-corrected chi connectivity index (χ0v) is 15.7. The van der Waals surface area contributed by atoms with Crippen molar-refractivity contribution in [2.24, 2.45) is 0 Å². The molecule has 0 atom stereocenters. The number of benzene rings is 2. The third kappa shape index (κ3) is 3.51. The number of nitrogens with one attached hydrogen (secondary N) is 1. The largest absolute Gasteiger partial charge is 0.494 e. The molecule has 2 aromatic heterocycles. The Hall–Kier alpha value is -2.90. The van der Waals surface area contributed by atoms with Crippen molar-refractivity contribution in [3.8, 4) is 5.75 Å². The predicted octanol–water partition coefficient (Wildman–Crippen LogP) is 4.71. The second-order valence-electron chi connectivity index (χ2n) is 5.65. The van der Waals surface area contributed by atoms with E-state index in [1.54, 1.807) is 12.1 Å². The molecule has 0 aliphatic rings. The van der Waals surface area contributed by atoms with Crippen LogP contribution in [0, 0.1) is 0 Å². The molecule has 0 saturated carbocycles. The van der Waals surface area contributed by atoms with Crippen LogP contribution in [0.5, 0.6) is 5.75 Å². The molecule has 1 amide bonds. The van der Waals surface area contributed by atoms with Crippen molar-refractivity contribution in [3.63, 3.8) is 0 Å². The Morgan fingerprint density at radius 3 is 2.93 bits per heavy atom. The molecule has 2 aromatic carbocycles. The fourth-order valence-electron chi connectivity index (χ4n) is 2.61. The number of rotatable bonds is 4. The molecular formula is C19H13ClN2O4S. The number of nitrogens with zero attached hydrogens (tertiary/aromatic N) is 1. The van der Waals surface area contributed by atoms with E-state index in [1.807, 2.05) is 25.1 Å². The van der Waals surface area contributed by atoms with Crippen LogP contribution >= 0.6 is 22.9 Å². The molecule has 0 spiro atoms. The van der Waals surface area contributed by atoms with Gasteiger partial charge in [0.25, 0.3) is 5.91 Å². The van der Waals surface area contributed by atoms with E-state index in [2.05, 4.69) is 10.3 Å². The van der Waals surface area contributed by atoms with Gasteiger partial charge in [-0.1, -0.05) is 22.9 Å². The first-order chi connectivity index (χ1) is 13.0. The number of fused-ring (bicyclic) bond motifs is 2. The van der Waals surface area contributed by atoms with Crippen LogP contribution in [0.3, 0.4) is 0 Å². The number of hydrogen-bond donors (Lipinski definition) is 1. The van der Waals surface area contributed by atoms with Crippen LogP contribution in [0.25, 0.3) is 21.2 Å².